The SMILES string of the molecule is CCCCN[C@H](c1cnc(C[C@H](O)[C@@H](CO)NCCCC)cn1)[C@H](O)[C@@H](CO)NCCCC. The van der Waals surface area contributed by atoms with Gasteiger partial charge in [0.15, 0.2) is 0 Å². The quantitative estimate of drug-likeness (QED) is 0.137. The van der Waals surface area contributed by atoms with Gasteiger partial charge in [0, 0.05) is 12.6 Å². The first kappa shape index (κ1) is 29.8. The highest BCUT2D eigenvalue weighted by molar-refractivity contribution is 5.11. The fraction of sp³-hybridized carbons (Fsp3) is 0.833. The smallest absolute Gasteiger partial charge is 0.0925 e. The first-order valence-corrected chi connectivity index (χ1v) is 12.6. The fourth-order valence-electron chi connectivity index (χ4n) is 3.60. The largest absolute Gasteiger partial charge is 0.395 e. The third kappa shape index (κ3) is 11.2. The lowest BCUT2D eigenvalue weighted by atomic mass is 10.00. The number of aliphatic hydroxyl groups is 4. The van der Waals surface area contributed by atoms with Crippen LogP contribution in [0, 0.1) is 0 Å². The maximum Gasteiger partial charge on any atom is 0.0925 e. The van der Waals surface area contributed by atoms with E-state index in [0.717, 1.165) is 58.2 Å². The Morgan fingerprint density at radius 2 is 1.30 bits per heavy atom. The standard InChI is InChI=1S/C24H47N5O4/c1-4-7-10-25-20(16-30)22(32)13-18-14-29-19(15-28-18)23(27-12-9-6-3)24(33)21(17-31)26-11-8-5-2/h14-15,20-27,30-33H,4-13,16-17H2,1-3H3/t20-,21-,22+,23-,24-/m1/s1. The molecule has 33 heavy (non-hydrogen) atoms. The molecule has 1 rings (SSSR count). The van der Waals surface area contributed by atoms with Crippen molar-refractivity contribution in [1.82, 2.24) is 25.9 Å². The molecule has 9 nitrogen and oxygen atoms in total. The van der Waals surface area contributed by atoms with Crippen LogP contribution in [0.25, 0.3) is 0 Å². The number of rotatable bonds is 20. The fourth-order valence-corrected chi connectivity index (χ4v) is 3.60. The Morgan fingerprint density at radius 1 is 0.758 bits per heavy atom. The van der Waals surface area contributed by atoms with E-state index in [4.69, 9.17) is 0 Å². The predicted octanol–water partition coefficient (Wildman–Crippen LogP) is 0.673. The lowest BCUT2D eigenvalue weighted by molar-refractivity contribution is 0.0570. The summed E-state index contributed by atoms with van der Waals surface area (Å²) in [4.78, 5) is 8.98. The van der Waals surface area contributed by atoms with Gasteiger partial charge in [-0.1, -0.05) is 40.0 Å². The normalized spacial score (nSPS) is 16.3. The second kappa shape index (κ2) is 18.2. The van der Waals surface area contributed by atoms with Gasteiger partial charge in [-0.25, -0.2) is 0 Å². The molecule has 0 amide bonds. The van der Waals surface area contributed by atoms with Crippen LogP contribution in [-0.4, -0.2) is 87.5 Å². The van der Waals surface area contributed by atoms with E-state index < -0.39 is 30.3 Å². The summed E-state index contributed by atoms with van der Waals surface area (Å²) in [5.74, 6) is 0. The second-order valence-electron chi connectivity index (χ2n) is 8.67. The number of aromatic nitrogens is 2. The van der Waals surface area contributed by atoms with Crippen molar-refractivity contribution in [2.45, 2.75) is 96.1 Å². The molecule has 192 valence electrons. The Hall–Kier alpha value is -1.20. The van der Waals surface area contributed by atoms with Gasteiger partial charge in [0.1, 0.15) is 0 Å². The molecule has 1 aromatic heterocycles. The van der Waals surface area contributed by atoms with Crippen molar-refractivity contribution in [3.05, 3.63) is 23.8 Å². The van der Waals surface area contributed by atoms with Crippen molar-refractivity contribution in [1.29, 1.82) is 0 Å². The summed E-state index contributed by atoms with van der Waals surface area (Å²) >= 11 is 0. The Morgan fingerprint density at radius 3 is 1.79 bits per heavy atom. The summed E-state index contributed by atoms with van der Waals surface area (Å²) in [5.41, 5.74) is 1.20. The summed E-state index contributed by atoms with van der Waals surface area (Å²) in [6.07, 6.45) is 7.84. The van der Waals surface area contributed by atoms with Crippen LogP contribution in [0.3, 0.4) is 0 Å². The van der Waals surface area contributed by atoms with Crippen molar-refractivity contribution in [2.75, 3.05) is 32.8 Å². The number of aliphatic hydroxyl groups excluding tert-OH is 4. The zero-order valence-corrected chi connectivity index (χ0v) is 20.7. The minimum atomic E-state index is -0.879. The summed E-state index contributed by atoms with van der Waals surface area (Å²) in [6.45, 7) is 8.14. The van der Waals surface area contributed by atoms with E-state index in [0.29, 0.717) is 11.4 Å². The Kier molecular flexibility index (Phi) is 16.4. The van der Waals surface area contributed by atoms with Gasteiger partial charge in [-0.05, 0) is 38.9 Å². The lowest BCUT2D eigenvalue weighted by Gasteiger charge is -2.30. The Bertz CT molecular complexity index is 593. The third-order valence-electron chi connectivity index (χ3n) is 5.84. The molecule has 1 heterocycles. The van der Waals surface area contributed by atoms with E-state index in [1.165, 1.54) is 0 Å². The molecular weight excluding hydrogens is 422 g/mol. The highest BCUT2D eigenvalue weighted by Crippen LogP contribution is 2.18. The van der Waals surface area contributed by atoms with Crippen molar-refractivity contribution in [3.63, 3.8) is 0 Å². The second-order valence-corrected chi connectivity index (χ2v) is 8.67. The van der Waals surface area contributed by atoms with Gasteiger partial charge >= 0.3 is 0 Å². The summed E-state index contributed by atoms with van der Waals surface area (Å²) < 4.78 is 0. The van der Waals surface area contributed by atoms with Crippen LogP contribution in [0.15, 0.2) is 12.4 Å². The number of nitrogens with zero attached hydrogens (tertiary/aromatic N) is 2. The predicted molar refractivity (Wildman–Crippen MR) is 131 cm³/mol. The lowest BCUT2D eigenvalue weighted by Crippen LogP contribution is -2.49. The highest BCUT2D eigenvalue weighted by atomic mass is 16.3. The van der Waals surface area contributed by atoms with Gasteiger partial charge in [-0.3, -0.25) is 9.97 Å². The van der Waals surface area contributed by atoms with Crippen LogP contribution in [-0.2, 0) is 6.42 Å². The van der Waals surface area contributed by atoms with E-state index in [-0.39, 0.29) is 19.6 Å². The zero-order valence-electron chi connectivity index (χ0n) is 20.7. The Labute approximate surface area is 199 Å². The maximum absolute atomic E-state index is 11.0. The molecule has 0 aliphatic heterocycles. The van der Waals surface area contributed by atoms with Crippen molar-refractivity contribution < 1.29 is 20.4 Å². The van der Waals surface area contributed by atoms with Gasteiger partial charge < -0.3 is 36.4 Å². The molecule has 5 atom stereocenters. The molecule has 0 spiro atoms. The first-order valence-electron chi connectivity index (χ1n) is 12.6. The average Bonchev–Trinajstić information content (AvgIpc) is 2.83. The van der Waals surface area contributed by atoms with E-state index in [1.807, 2.05) is 0 Å². The van der Waals surface area contributed by atoms with Gasteiger partial charge in [-0.2, -0.15) is 0 Å². The van der Waals surface area contributed by atoms with Crippen LogP contribution in [0.2, 0.25) is 0 Å². The number of nitrogens with one attached hydrogen (secondary N) is 3. The van der Waals surface area contributed by atoms with Crippen molar-refractivity contribution >= 4 is 0 Å². The molecule has 0 saturated carbocycles. The van der Waals surface area contributed by atoms with Crippen LogP contribution in [0.5, 0.6) is 0 Å². The zero-order chi connectivity index (χ0) is 24.5. The van der Waals surface area contributed by atoms with Gasteiger partial charge in [0.25, 0.3) is 0 Å². The number of hydrogen-bond donors (Lipinski definition) is 7. The number of hydrogen-bond acceptors (Lipinski definition) is 9. The molecule has 7 N–H and O–H groups in total. The monoisotopic (exact) mass is 469 g/mol. The van der Waals surface area contributed by atoms with E-state index in [9.17, 15) is 20.4 Å². The topological polar surface area (TPSA) is 143 Å². The van der Waals surface area contributed by atoms with Crippen LogP contribution >= 0.6 is 0 Å². The molecule has 0 radical (unpaired) electrons. The molecule has 0 unspecified atom stereocenters. The van der Waals surface area contributed by atoms with E-state index >= 15 is 0 Å². The van der Waals surface area contributed by atoms with Crippen LogP contribution in [0.4, 0.5) is 0 Å². The minimum Gasteiger partial charge on any atom is -0.395 e. The minimum absolute atomic E-state index is 0.153. The maximum atomic E-state index is 11.0. The molecule has 9 heteroatoms. The summed E-state index contributed by atoms with van der Waals surface area (Å²) in [5, 5.41) is 50.7. The Balaban J connectivity index is 2.86. The average molecular weight is 470 g/mol. The molecule has 0 bridgehead atoms. The molecular formula is C24H47N5O4. The number of unbranched alkanes of at least 4 members (excludes halogenated alkanes) is 3. The van der Waals surface area contributed by atoms with Gasteiger partial charge in [0.05, 0.1) is 61.1 Å². The molecule has 0 saturated heterocycles. The molecule has 0 fully saturated rings. The summed E-state index contributed by atoms with van der Waals surface area (Å²) in [6, 6.07) is -1.36. The molecule has 0 aliphatic carbocycles. The van der Waals surface area contributed by atoms with Gasteiger partial charge in [0.2, 0.25) is 0 Å². The molecule has 0 aliphatic rings. The summed E-state index contributed by atoms with van der Waals surface area (Å²) in [7, 11) is 0. The van der Waals surface area contributed by atoms with Crippen molar-refractivity contribution in [3.8, 4) is 0 Å². The van der Waals surface area contributed by atoms with E-state index in [2.05, 4.69) is 46.7 Å². The third-order valence-corrected chi connectivity index (χ3v) is 5.84. The van der Waals surface area contributed by atoms with Crippen molar-refractivity contribution in [2.24, 2.45) is 0 Å². The van der Waals surface area contributed by atoms with Crippen LogP contribution < -0.4 is 16.0 Å². The van der Waals surface area contributed by atoms with E-state index in [1.54, 1.807) is 12.4 Å². The molecule has 1 aromatic rings. The first-order chi connectivity index (χ1) is 16.0. The molecule has 0 aromatic carbocycles. The highest BCUT2D eigenvalue weighted by Gasteiger charge is 2.29. The van der Waals surface area contributed by atoms with Crippen LogP contribution in [0.1, 0.15) is 76.7 Å². The van der Waals surface area contributed by atoms with Gasteiger partial charge in [-0.15, -0.1) is 0 Å².